The zero-order valence-corrected chi connectivity index (χ0v) is 17.1. The first-order valence-corrected chi connectivity index (χ1v) is 11.0. The molecule has 0 aromatic carbocycles. The van der Waals surface area contributed by atoms with Gasteiger partial charge in [-0.15, -0.1) is 0 Å². The quantitative estimate of drug-likeness (QED) is 0.696. The minimum absolute atomic E-state index is 0.0107. The molecule has 0 radical (unpaired) electrons. The number of aliphatic hydroxyl groups is 1. The first kappa shape index (κ1) is 20.7. The third kappa shape index (κ3) is 4.86. The van der Waals surface area contributed by atoms with Crippen LogP contribution < -0.4 is 0 Å². The molecule has 2 fully saturated rings. The Morgan fingerprint density at radius 2 is 1.96 bits per heavy atom. The number of ether oxygens (including phenoxy) is 2. The van der Waals surface area contributed by atoms with Gasteiger partial charge in [0.05, 0.1) is 0 Å². The monoisotopic (exact) mass is 379 g/mol. The SMILES string of the molecule is CCO[C@@H]1OC(C(=O)N(C)C2CCCCC2)=C[C@H](C2CCC2)[C@H]1CCCO. The zero-order valence-electron chi connectivity index (χ0n) is 17.1. The van der Waals surface area contributed by atoms with Crippen LogP contribution in [0.1, 0.15) is 71.1 Å². The molecule has 1 aliphatic heterocycles. The van der Waals surface area contributed by atoms with E-state index in [1.54, 1.807) is 0 Å². The van der Waals surface area contributed by atoms with Gasteiger partial charge in [0.15, 0.2) is 5.76 Å². The molecule has 3 aliphatic rings. The second-order valence-corrected chi connectivity index (χ2v) is 8.48. The van der Waals surface area contributed by atoms with Crippen LogP contribution in [0.5, 0.6) is 0 Å². The topological polar surface area (TPSA) is 59.0 Å². The highest BCUT2D eigenvalue weighted by Gasteiger charge is 2.42. The smallest absolute Gasteiger partial charge is 0.288 e. The third-order valence-corrected chi connectivity index (χ3v) is 6.81. The van der Waals surface area contributed by atoms with Gasteiger partial charge in [-0.1, -0.05) is 25.7 Å². The molecule has 0 unspecified atom stereocenters. The Morgan fingerprint density at radius 3 is 2.56 bits per heavy atom. The molecular weight excluding hydrogens is 342 g/mol. The van der Waals surface area contributed by atoms with Crippen molar-refractivity contribution in [1.82, 2.24) is 4.90 Å². The van der Waals surface area contributed by atoms with E-state index < -0.39 is 0 Å². The summed E-state index contributed by atoms with van der Waals surface area (Å²) < 4.78 is 12.1. The number of amides is 1. The molecule has 1 amide bonds. The van der Waals surface area contributed by atoms with Gasteiger partial charge in [0.1, 0.15) is 0 Å². The summed E-state index contributed by atoms with van der Waals surface area (Å²) in [6.07, 6.45) is 12.9. The average molecular weight is 380 g/mol. The zero-order chi connectivity index (χ0) is 19.2. The predicted octanol–water partition coefficient (Wildman–Crippen LogP) is 3.86. The van der Waals surface area contributed by atoms with Crippen molar-refractivity contribution >= 4 is 5.91 Å². The lowest BCUT2D eigenvalue weighted by atomic mass is 9.68. The largest absolute Gasteiger partial charge is 0.459 e. The Bertz CT molecular complexity index is 510. The molecule has 0 bridgehead atoms. The van der Waals surface area contributed by atoms with Crippen LogP contribution in [-0.2, 0) is 14.3 Å². The third-order valence-electron chi connectivity index (χ3n) is 6.81. The van der Waals surface area contributed by atoms with Crippen molar-refractivity contribution in [3.05, 3.63) is 11.8 Å². The Balaban J connectivity index is 1.77. The van der Waals surface area contributed by atoms with E-state index >= 15 is 0 Å². The molecule has 5 nitrogen and oxygen atoms in total. The summed E-state index contributed by atoms with van der Waals surface area (Å²) in [7, 11) is 1.93. The number of rotatable bonds is 8. The van der Waals surface area contributed by atoms with Gasteiger partial charge < -0.3 is 19.5 Å². The summed E-state index contributed by atoms with van der Waals surface area (Å²) in [5.41, 5.74) is 0. The van der Waals surface area contributed by atoms with E-state index in [1.165, 1.54) is 38.5 Å². The Morgan fingerprint density at radius 1 is 1.22 bits per heavy atom. The lowest BCUT2D eigenvalue weighted by molar-refractivity contribution is -0.181. The molecule has 0 aromatic heterocycles. The van der Waals surface area contributed by atoms with E-state index in [9.17, 15) is 9.90 Å². The molecule has 0 saturated heterocycles. The van der Waals surface area contributed by atoms with Crippen molar-refractivity contribution in [2.45, 2.75) is 83.5 Å². The Labute approximate surface area is 164 Å². The maximum atomic E-state index is 13.2. The standard InChI is InChI=1S/C22H37NO4/c1-3-26-22-18(13-8-14-24)19(16-9-7-10-16)15-20(27-22)21(25)23(2)17-11-5-4-6-12-17/h15-19,22,24H,3-14H2,1-2H3/t18-,19-,22-/m1/s1. The predicted molar refractivity (Wildman–Crippen MR) is 105 cm³/mol. The van der Waals surface area contributed by atoms with E-state index in [0.29, 0.717) is 30.2 Å². The molecule has 3 rings (SSSR count). The number of allylic oxidation sites excluding steroid dienone is 1. The van der Waals surface area contributed by atoms with Gasteiger partial charge in [0, 0.05) is 32.2 Å². The number of carbonyl (C=O) groups is 1. The van der Waals surface area contributed by atoms with Gasteiger partial charge in [0.2, 0.25) is 6.29 Å². The van der Waals surface area contributed by atoms with Gasteiger partial charge in [-0.3, -0.25) is 4.79 Å². The number of nitrogens with zero attached hydrogens (tertiary/aromatic N) is 1. The number of carbonyl (C=O) groups excluding carboxylic acids is 1. The van der Waals surface area contributed by atoms with Gasteiger partial charge in [-0.25, -0.2) is 0 Å². The fraction of sp³-hybridized carbons (Fsp3) is 0.864. The van der Waals surface area contributed by atoms with Crippen LogP contribution in [0.2, 0.25) is 0 Å². The van der Waals surface area contributed by atoms with Gasteiger partial charge in [-0.05, 0) is 63.4 Å². The Hall–Kier alpha value is -1.07. The van der Waals surface area contributed by atoms with Crippen molar-refractivity contribution in [3.63, 3.8) is 0 Å². The highest BCUT2D eigenvalue weighted by Crippen LogP contribution is 2.45. The molecule has 154 valence electrons. The van der Waals surface area contributed by atoms with Crippen molar-refractivity contribution in [2.24, 2.45) is 17.8 Å². The molecule has 1 heterocycles. The van der Waals surface area contributed by atoms with Gasteiger partial charge >= 0.3 is 0 Å². The summed E-state index contributed by atoms with van der Waals surface area (Å²) in [5.74, 6) is 1.65. The van der Waals surface area contributed by atoms with Crippen LogP contribution in [0.15, 0.2) is 11.8 Å². The number of aliphatic hydroxyl groups excluding tert-OH is 1. The van der Waals surface area contributed by atoms with Crippen LogP contribution in [0, 0.1) is 17.8 Å². The molecule has 1 N–H and O–H groups in total. The summed E-state index contributed by atoms with van der Waals surface area (Å²) in [4.78, 5) is 15.1. The normalized spacial score (nSPS) is 29.6. The molecule has 0 spiro atoms. The molecule has 0 aromatic rings. The molecule has 5 heteroatoms. The second kappa shape index (κ2) is 9.92. The summed E-state index contributed by atoms with van der Waals surface area (Å²) in [6.45, 7) is 2.73. The Kier molecular flexibility index (Phi) is 7.59. The summed E-state index contributed by atoms with van der Waals surface area (Å²) >= 11 is 0. The lowest BCUT2D eigenvalue weighted by Gasteiger charge is -2.44. The van der Waals surface area contributed by atoms with E-state index in [-0.39, 0.29) is 24.7 Å². The van der Waals surface area contributed by atoms with Crippen LogP contribution in [0.25, 0.3) is 0 Å². The van der Waals surface area contributed by atoms with Crippen molar-refractivity contribution < 1.29 is 19.4 Å². The fourth-order valence-electron chi connectivity index (χ4n) is 4.95. The molecule has 3 atom stereocenters. The molecule has 2 aliphatic carbocycles. The van der Waals surface area contributed by atoms with E-state index in [2.05, 4.69) is 6.08 Å². The maximum absolute atomic E-state index is 13.2. The first-order chi connectivity index (χ1) is 13.2. The minimum Gasteiger partial charge on any atom is -0.459 e. The van der Waals surface area contributed by atoms with E-state index in [0.717, 1.165) is 25.7 Å². The maximum Gasteiger partial charge on any atom is 0.288 e. The average Bonchev–Trinajstić information content (AvgIpc) is 2.65. The van der Waals surface area contributed by atoms with E-state index in [1.807, 2.05) is 18.9 Å². The van der Waals surface area contributed by atoms with Crippen molar-refractivity contribution in [1.29, 1.82) is 0 Å². The van der Waals surface area contributed by atoms with E-state index in [4.69, 9.17) is 9.47 Å². The fourth-order valence-corrected chi connectivity index (χ4v) is 4.95. The number of likely N-dealkylation sites (N-methyl/N-ethyl adjacent to an activating group) is 1. The summed E-state index contributed by atoms with van der Waals surface area (Å²) in [5, 5.41) is 9.31. The molecule has 2 saturated carbocycles. The van der Waals surface area contributed by atoms with Crippen LogP contribution >= 0.6 is 0 Å². The van der Waals surface area contributed by atoms with Crippen LogP contribution in [0.3, 0.4) is 0 Å². The van der Waals surface area contributed by atoms with Gasteiger partial charge in [0.25, 0.3) is 5.91 Å². The van der Waals surface area contributed by atoms with Crippen molar-refractivity contribution in [3.8, 4) is 0 Å². The first-order valence-electron chi connectivity index (χ1n) is 11.0. The number of hydrogen-bond donors (Lipinski definition) is 1. The molecular formula is C22H37NO4. The van der Waals surface area contributed by atoms with Crippen LogP contribution in [0.4, 0.5) is 0 Å². The molecule has 27 heavy (non-hydrogen) atoms. The number of hydrogen-bond acceptors (Lipinski definition) is 4. The van der Waals surface area contributed by atoms with Crippen LogP contribution in [-0.4, -0.2) is 48.5 Å². The highest BCUT2D eigenvalue weighted by molar-refractivity contribution is 5.91. The summed E-state index contributed by atoms with van der Waals surface area (Å²) in [6, 6.07) is 0.329. The minimum atomic E-state index is -0.379. The lowest BCUT2D eigenvalue weighted by Crippen LogP contribution is -2.45. The van der Waals surface area contributed by atoms with Crippen molar-refractivity contribution in [2.75, 3.05) is 20.3 Å². The van der Waals surface area contributed by atoms with Gasteiger partial charge in [-0.2, -0.15) is 0 Å². The highest BCUT2D eigenvalue weighted by atomic mass is 16.7. The second-order valence-electron chi connectivity index (χ2n) is 8.48.